The van der Waals surface area contributed by atoms with Crippen molar-refractivity contribution in [3.05, 3.63) is 12.3 Å². The number of rotatable bonds is 0. The number of hydrogen-bond donors (Lipinski definition) is 0. The van der Waals surface area contributed by atoms with E-state index in [0.29, 0.717) is 0 Å². The SMILES string of the molecule is C=C1C(C)ON1C. The second-order valence-corrected chi connectivity index (χ2v) is 1.74. The van der Waals surface area contributed by atoms with Crippen LogP contribution in [0.15, 0.2) is 12.3 Å². The summed E-state index contributed by atoms with van der Waals surface area (Å²) in [4.78, 5) is 4.98. The molecular formula is C5H9NO. The van der Waals surface area contributed by atoms with E-state index in [0.717, 1.165) is 5.70 Å². The zero-order chi connectivity index (χ0) is 5.44. The van der Waals surface area contributed by atoms with Crippen LogP contribution in [0.4, 0.5) is 0 Å². The monoisotopic (exact) mass is 99.1 g/mol. The van der Waals surface area contributed by atoms with Gasteiger partial charge in [-0.05, 0) is 6.92 Å². The Morgan fingerprint density at radius 2 is 2.43 bits per heavy atom. The Bertz CT molecular complexity index is 90.3. The van der Waals surface area contributed by atoms with Crippen molar-refractivity contribution in [2.75, 3.05) is 7.05 Å². The molecule has 2 nitrogen and oxygen atoms in total. The molecule has 40 valence electrons. The maximum absolute atomic E-state index is 4.98. The lowest BCUT2D eigenvalue weighted by Gasteiger charge is -2.36. The van der Waals surface area contributed by atoms with E-state index in [9.17, 15) is 0 Å². The Labute approximate surface area is 43.3 Å². The Balaban J connectivity index is 2.44. The van der Waals surface area contributed by atoms with E-state index >= 15 is 0 Å². The summed E-state index contributed by atoms with van der Waals surface area (Å²) in [5.41, 5.74) is 1.06. The Morgan fingerprint density at radius 3 is 2.43 bits per heavy atom. The molecule has 1 heterocycles. The van der Waals surface area contributed by atoms with Gasteiger partial charge >= 0.3 is 0 Å². The fourth-order valence-corrected chi connectivity index (χ4v) is 0.573. The number of nitrogens with zero attached hydrogens (tertiary/aromatic N) is 1. The lowest BCUT2D eigenvalue weighted by Crippen LogP contribution is -2.40. The zero-order valence-corrected chi connectivity index (χ0v) is 4.64. The van der Waals surface area contributed by atoms with Crippen LogP contribution in [0.2, 0.25) is 0 Å². The van der Waals surface area contributed by atoms with Crippen molar-refractivity contribution in [2.24, 2.45) is 0 Å². The first-order chi connectivity index (χ1) is 3.22. The summed E-state index contributed by atoms with van der Waals surface area (Å²) in [6.07, 6.45) is 0.241. The lowest BCUT2D eigenvalue weighted by molar-refractivity contribution is -0.227. The lowest BCUT2D eigenvalue weighted by atomic mass is 10.3. The second-order valence-electron chi connectivity index (χ2n) is 1.74. The molecule has 0 aliphatic carbocycles. The van der Waals surface area contributed by atoms with Crippen LogP contribution < -0.4 is 0 Å². The van der Waals surface area contributed by atoms with Crippen molar-refractivity contribution in [3.63, 3.8) is 0 Å². The Kier molecular flexibility index (Phi) is 0.820. The molecule has 1 aliphatic rings. The topological polar surface area (TPSA) is 12.5 Å². The van der Waals surface area contributed by atoms with Crippen LogP contribution in [-0.4, -0.2) is 18.2 Å². The van der Waals surface area contributed by atoms with E-state index in [1.54, 1.807) is 5.06 Å². The average Bonchev–Trinajstić information content (AvgIpc) is 1.68. The smallest absolute Gasteiger partial charge is 0.124 e. The minimum Gasteiger partial charge on any atom is -0.265 e. The first-order valence-electron chi connectivity index (χ1n) is 2.31. The third kappa shape index (κ3) is 0.509. The Hall–Kier alpha value is -0.500. The van der Waals surface area contributed by atoms with E-state index in [-0.39, 0.29) is 6.10 Å². The highest BCUT2D eigenvalue weighted by atomic mass is 16.7. The van der Waals surface area contributed by atoms with Crippen LogP contribution in [0.25, 0.3) is 0 Å². The summed E-state index contributed by atoms with van der Waals surface area (Å²) >= 11 is 0. The van der Waals surface area contributed by atoms with Crippen molar-refractivity contribution in [1.82, 2.24) is 5.06 Å². The van der Waals surface area contributed by atoms with Gasteiger partial charge in [-0.25, -0.2) is 0 Å². The summed E-state index contributed by atoms with van der Waals surface area (Å²) in [6, 6.07) is 0. The van der Waals surface area contributed by atoms with Gasteiger partial charge in [0.2, 0.25) is 0 Å². The average molecular weight is 99.1 g/mol. The minimum absolute atomic E-state index is 0.241. The summed E-state index contributed by atoms with van der Waals surface area (Å²) < 4.78 is 0. The van der Waals surface area contributed by atoms with Crippen LogP contribution in [0.3, 0.4) is 0 Å². The first-order valence-corrected chi connectivity index (χ1v) is 2.31. The summed E-state index contributed by atoms with van der Waals surface area (Å²) in [5.74, 6) is 0. The molecule has 0 amide bonds. The quantitative estimate of drug-likeness (QED) is 0.444. The summed E-state index contributed by atoms with van der Waals surface area (Å²) in [5, 5.41) is 1.67. The molecule has 1 fully saturated rings. The van der Waals surface area contributed by atoms with Crippen LogP contribution in [0.1, 0.15) is 6.92 Å². The van der Waals surface area contributed by atoms with Crippen molar-refractivity contribution < 1.29 is 4.84 Å². The fourth-order valence-electron chi connectivity index (χ4n) is 0.573. The molecule has 1 aliphatic heterocycles. The predicted molar refractivity (Wildman–Crippen MR) is 27.4 cm³/mol. The minimum atomic E-state index is 0.241. The van der Waals surface area contributed by atoms with Crippen molar-refractivity contribution in [1.29, 1.82) is 0 Å². The van der Waals surface area contributed by atoms with Gasteiger partial charge in [-0.1, -0.05) is 6.58 Å². The van der Waals surface area contributed by atoms with E-state index < -0.39 is 0 Å². The molecule has 0 aromatic carbocycles. The summed E-state index contributed by atoms with van der Waals surface area (Å²) in [6.45, 7) is 5.70. The van der Waals surface area contributed by atoms with Gasteiger partial charge in [0.05, 0.1) is 5.70 Å². The van der Waals surface area contributed by atoms with E-state index in [1.165, 1.54) is 0 Å². The van der Waals surface area contributed by atoms with Gasteiger partial charge in [-0.2, -0.15) is 0 Å². The second kappa shape index (κ2) is 1.23. The zero-order valence-electron chi connectivity index (χ0n) is 4.64. The molecule has 0 spiro atoms. The van der Waals surface area contributed by atoms with E-state index in [4.69, 9.17) is 4.84 Å². The molecule has 0 saturated carbocycles. The highest BCUT2D eigenvalue weighted by Crippen LogP contribution is 2.20. The van der Waals surface area contributed by atoms with Crippen LogP contribution in [0.5, 0.6) is 0 Å². The standard InChI is InChI=1S/C5H9NO/c1-4-5(2)7-6(4)3/h5H,1H2,2-3H3. The first kappa shape index (κ1) is 4.65. The van der Waals surface area contributed by atoms with Gasteiger partial charge < -0.3 is 0 Å². The maximum Gasteiger partial charge on any atom is 0.124 e. The molecule has 1 atom stereocenters. The van der Waals surface area contributed by atoms with E-state index in [2.05, 4.69) is 6.58 Å². The molecule has 2 heteroatoms. The molecule has 1 unspecified atom stereocenters. The third-order valence-corrected chi connectivity index (χ3v) is 1.19. The highest BCUT2D eigenvalue weighted by molar-refractivity contribution is 5.01. The largest absolute Gasteiger partial charge is 0.265 e. The third-order valence-electron chi connectivity index (χ3n) is 1.19. The normalized spacial score (nSPS) is 30.3. The van der Waals surface area contributed by atoms with Gasteiger partial charge in [-0.15, -0.1) is 0 Å². The maximum atomic E-state index is 4.98. The van der Waals surface area contributed by atoms with Crippen LogP contribution >= 0.6 is 0 Å². The van der Waals surface area contributed by atoms with Gasteiger partial charge in [0, 0.05) is 7.05 Å². The molecule has 0 N–H and O–H groups in total. The fraction of sp³-hybridized carbons (Fsp3) is 0.600. The van der Waals surface area contributed by atoms with Crippen molar-refractivity contribution >= 4 is 0 Å². The molecule has 0 bridgehead atoms. The van der Waals surface area contributed by atoms with Gasteiger partial charge in [0.25, 0.3) is 0 Å². The number of hydrogen-bond acceptors (Lipinski definition) is 2. The highest BCUT2D eigenvalue weighted by Gasteiger charge is 2.23. The van der Waals surface area contributed by atoms with Gasteiger partial charge in [0.15, 0.2) is 0 Å². The van der Waals surface area contributed by atoms with Crippen molar-refractivity contribution in [3.8, 4) is 0 Å². The molecule has 1 saturated heterocycles. The number of hydroxylamine groups is 2. The molecule has 7 heavy (non-hydrogen) atoms. The molecule has 0 radical (unpaired) electrons. The number of likely N-dealkylation sites (N-methyl/N-ethyl adjacent to an activating group) is 1. The van der Waals surface area contributed by atoms with Crippen molar-refractivity contribution in [2.45, 2.75) is 13.0 Å². The van der Waals surface area contributed by atoms with E-state index in [1.807, 2.05) is 14.0 Å². The molecule has 0 aromatic rings. The van der Waals surface area contributed by atoms with Gasteiger partial charge in [0.1, 0.15) is 6.10 Å². The van der Waals surface area contributed by atoms with Crippen LogP contribution in [-0.2, 0) is 4.84 Å². The summed E-state index contributed by atoms with van der Waals surface area (Å²) in [7, 11) is 1.85. The Morgan fingerprint density at radius 1 is 1.86 bits per heavy atom. The molecule has 1 rings (SSSR count). The molecule has 0 aromatic heterocycles. The molecular weight excluding hydrogens is 90.1 g/mol. The van der Waals surface area contributed by atoms with Gasteiger partial charge in [-0.3, -0.25) is 9.90 Å². The predicted octanol–water partition coefficient (Wildman–Crippen LogP) is 0.766. The van der Waals surface area contributed by atoms with Crippen LogP contribution in [0, 0.1) is 0 Å².